The van der Waals surface area contributed by atoms with Crippen LogP contribution in [0.2, 0.25) is 0 Å². The summed E-state index contributed by atoms with van der Waals surface area (Å²) in [5.41, 5.74) is 0.636. The molecule has 0 bridgehead atoms. The third-order valence-corrected chi connectivity index (χ3v) is 2.88. The maximum absolute atomic E-state index is 11.5. The second-order valence-electron chi connectivity index (χ2n) is 4.71. The van der Waals surface area contributed by atoms with E-state index in [0.29, 0.717) is 11.1 Å². The van der Waals surface area contributed by atoms with Crippen LogP contribution in [0.25, 0.3) is 0 Å². The van der Waals surface area contributed by atoms with Crippen molar-refractivity contribution in [1.29, 1.82) is 0 Å². The van der Waals surface area contributed by atoms with Gasteiger partial charge in [0.25, 0.3) is 0 Å². The zero-order valence-corrected chi connectivity index (χ0v) is 15.1. The van der Waals surface area contributed by atoms with E-state index in [1.165, 1.54) is 0 Å². The zero-order valence-electron chi connectivity index (χ0n) is 14.2. The molecule has 0 aliphatic carbocycles. The van der Waals surface area contributed by atoms with Crippen LogP contribution in [0.15, 0.2) is 97.1 Å². The summed E-state index contributed by atoms with van der Waals surface area (Å²) >= 11 is 0. The molecule has 0 unspecified atom stereocenters. The van der Waals surface area contributed by atoms with Gasteiger partial charge in [0, 0.05) is 0 Å². The van der Waals surface area contributed by atoms with Gasteiger partial charge >= 0.3 is 20.6 Å². The van der Waals surface area contributed by atoms with E-state index < -0.39 is 20.6 Å². The Balaban J connectivity index is 0.000000335. The Bertz CT molecular complexity index is 716. The SMILES string of the molecule is O=C(OOC(=O)c1ccccc1)c1ccccc1.O=PO.c1ccccc1. The Labute approximate surface area is 158 Å². The third-order valence-electron chi connectivity index (χ3n) is 2.88. The highest BCUT2D eigenvalue weighted by atomic mass is 31.1. The zero-order chi connectivity index (χ0) is 19.7. The van der Waals surface area contributed by atoms with E-state index in [9.17, 15) is 9.59 Å². The summed E-state index contributed by atoms with van der Waals surface area (Å²) in [6.07, 6.45) is 0. The summed E-state index contributed by atoms with van der Waals surface area (Å²) in [6, 6.07) is 28.6. The monoisotopic (exact) mass is 384 g/mol. The van der Waals surface area contributed by atoms with Crippen LogP contribution in [0, 0.1) is 0 Å². The number of carbonyl (C=O) groups excluding carboxylic acids is 2. The van der Waals surface area contributed by atoms with Crippen LogP contribution in [0.5, 0.6) is 0 Å². The van der Waals surface area contributed by atoms with Gasteiger partial charge < -0.3 is 4.89 Å². The molecule has 0 heterocycles. The molecule has 0 spiro atoms. The lowest BCUT2D eigenvalue weighted by Gasteiger charge is -2.02. The fourth-order valence-electron chi connectivity index (χ4n) is 1.71. The van der Waals surface area contributed by atoms with Crippen LogP contribution in [-0.2, 0) is 14.3 Å². The van der Waals surface area contributed by atoms with Crippen molar-refractivity contribution in [2.45, 2.75) is 0 Å². The molecular formula is C20H17O6P. The van der Waals surface area contributed by atoms with Gasteiger partial charge in [0.15, 0.2) is 0 Å². The van der Waals surface area contributed by atoms with Crippen molar-refractivity contribution < 1.29 is 28.8 Å². The van der Waals surface area contributed by atoms with E-state index in [-0.39, 0.29) is 0 Å². The van der Waals surface area contributed by atoms with Crippen molar-refractivity contribution in [1.82, 2.24) is 0 Å². The molecule has 0 fully saturated rings. The molecule has 3 aromatic carbocycles. The highest BCUT2D eigenvalue weighted by Crippen LogP contribution is 2.05. The molecule has 0 amide bonds. The maximum atomic E-state index is 11.5. The minimum Gasteiger partial charge on any atom is -0.310 e. The summed E-state index contributed by atoms with van der Waals surface area (Å²) in [4.78, 5) is 38.9. The van der Waals surface area contributed by atoms with Crippen LogP contribution in [0.3, 0.4) is 0 Å². The first-order valence-corrected chi connectivity index (χ1v) is 8.45. The van der Waals surface area contributed by atoms with Crippen LogP contribution < -0.4 is 0 Å². The molecule has 6 nitrogen and oxygen atoms in total. The van der Waals surface area contributed by atoms with E-state index in [1.807, 2.05) is 36.4 Å². The Kier molecular flexibility index (Phi) is 11.2. The fourth-order valence-corrected chi connectivity index (χ4v) is 1.71. The Morgan fingerprint density at radius 2 is 0.815 bits per heavy atom. The highest BCUT2D eigenvalue weighted by molar-refractivity contribution is 7.16. The average molecular weight is 384 g/mol. The van der Waals surface area contributed by atoms with Gasteiger partial charge in [0.2, 0.25) is 0 Å². The van der Waals surface area contributed by atoms with Gasteiger partial charge in [-0.25, -0.2) is 23.9 Å². The van der Waals surface area contributed by atoms with E-state index in [0.717, 1.165) is 0 Å². The van der Waals surface area contributed by atoms with Gasteiger partial charge in [-0.05, 0) is 24.3 Å². The second kappa shape index (κ2) is 13.9. The first-order valence-electron chi connectivity index (χ1n) is 7.69. The lowest BCUT2D eigenvalue weighted by molar-refractivity contribution is -0.187. The molecule has 7 heteroatoms. The molecule has 1 N–H and O–H groups in total. The van der Waals surface area contributed by atoms with Crippen molar-refractivity contribution >= 4 is 20.6 Å². The van der Waals surface area contributed by atoms with Crippen molar-refractivity contribution in [3.63, 3.8) is 0 Å². The second-order valence-corrected chi connectivity index (χ2v) is 4.87. The molecule has 0 saturated carbocycles. The van der Waals surface area contributed by atoms with Gasteiger partial charge in [-0.1, -0.05) is 72.8 Å². The topological polar surface area (TPSA) is 89.9 Å². The van der Waals surface area contributed by atoms with Gasteiger partial charge in [-0.3, -0.25) is 0 Å². The van der Waals surface area contributed by atoms with Gasteiger partial charge in [-0.2, -0.15) is 0 Å². The van der Waals surface area contributed by atoms with E-state index in [4.69, 9.17) is 9.46 Å². The normalized spacial score (nSPS) is 8.93. The average Bonchev–Trinajstić information content (AvgIpc) is 2.75. The van der Waals surface area contributed by atoms with Crippen molar-refractivity contribution in [3.05, 3.63) is 108 Å². The number of carbonyl (C=O) groups is 2. The largest absolute Gasteiger partial charge is 0.386 e. The lowest BCUT2D eigenvalue weighted by atomic mass is 10.2. The molecule has 27 heavy (non-hydrogen) atoms. The number of rotatable bonds is 2. The minimum absolute atomic E-state index is 0.318. The predicted molar refractivity (Wildman–Crippen MR) is 100.0 cm³/mol. The van der Waals surface area contributed by atoms with E-state index in [1.54, 1.807) is 60.7 Å². The molecule has 0 aliphatic heterocycles. The number of benzene rings is 3. The first kappa shape index (κ1) is 21.7. The Morgan fingerprint density at radius 3 is 1.07 bits per heavy atom. The highest BCUT2D eigenvalue weighted by Gasteiger charge is 2.12. The van der Waals surface area contributed by atoms with Gasteiger partial charge in [0.05, 0.1) is 11.1 Å². The van der Waals surface area contributed by atoms with Crippen molar-refractivity contribution in [2.24, 2.45) is 0 Å². The maximum Gasteiger partial charge on any atom is 0.386 e. The van der Waals surface area contributed by atoms with Crippen molar-refractivity contribution in [3.8, 4) is 0 Å². The summed E-state index contributed by atoms with van der Waals surface area (Å²) in [7, 11) is -0.833. The smallest absolute Gasteiger partial charge is 0.310 e. The molecular weight excluding hydrogens is 367 g/mol. The lowest BCUT2D eigenvalue weighted by Crippen LogP contribution is -2.11. The van der Waals surface area contributed by atoms with E-state index >= 15 is 0 Å². The van der Waals surface area contributed by atoms with Crippen LogP contribution in [-0.4, -0.2) is 16.8 Å². The quantitative estimate of drug-likeness (QED) is 0.398. The molecule has 3 aromatic rings. The van der Waals surface area contributed by atoms with Crippen LogP contribution in [0.4, 0.5) is 0 Å². The number of hydrogen-bond acceptors (Lipinski definition) is 5. The molecule has 0 aliphatic rings. The summed E-state index contributed by atoms with van der Waals surface area (Å²) in [5, 5.41) is 0. The van der Waals surface area contributed by atoms with Crippen LogP contribution >= 0.6 is 8.69 Å². The molecule has 3 rings (SSSR count). The molecule has 0 radical (unpaired) electrons. The third kappa shape index (κ3) is 9.65. The Morgan fingerprint density at radius 1 is 0.593 bits per heavy atom. The van der Waals surface area contributed by atoms with Gasteiger partial charge in [0.1, 0.15) is 0 Å². The van der Waals surface area contributed by atoms with E-state index in [2.05, 4.69) is 9.78 Å². The predicted octanol–water partition coefficient (Wildman–Crippen LogP) is 4.49. The van der Waals surface area contributed by atoms with Crippen LogP contribution in [0.1, 0.15) is 20.7 Å². The molecule has 138 valence electrons. The molecule has 0 aromatic heterocycles. The molecule has 0 saturated heterocycles. The minimum atomic E-state index is -0.833. The summed E-state index contributed by atoms with van der Waals surface area (Å²) in [6.45, 7) is 0. The van der Waals surface area contributed by atoms with Crippen molar-refractivity contribution in [2.75, 3.05) is 0 Å². The Hall–Kier alpha value is -3.34. The fraction of sp³-hybridized carbons (Fsp3) is 0. The standard InChI is InChI=1S/C14H10O4.C6H6.HO2P/c15-13(11-7-3-1-4-8-11)17-18-14(16)12-9-5-2-6-10-12;1-2-4-6-5-3-1;1-3-2/h1-10H;1-6H;(H,1,2). The van der Waals surface area contributed by atoms with Gasteiger partial charge in [-0.15, -0.1) is 0 Å². The summed E-state index contributed by atoms with van der Waals surface area (Å²) < 4.78 is 8.46. The molecule has 0 atom stereocenters. The summed E-state index contributed by atoms with van der Waals surface area (Å²) in [5.74, 6) is -1.42. The number of hydrogen-bond donors (Lipinski definition) is 1. The first-order chi connectivity index (χ1) is 13.2.